The van der Waals surface area contributed by atoms with Gasteiger partial charge in [0.25, 0.3) is 0 Å². The third kappa shape index (κ3) is 1.40. The van der Waals surface area contributed by atoms with E-state index in [9.17, 15) is 5.11 Å². The maximum absolute atomic E-state index is 10.8. The van der Waals surface area contributed by atoms with Crippen molar-refractivity contribution in [3.63, 3.8) is 0 Å². The largest absolute Gasteiger partial charge is 0.383 e. The molecule has 0 amide bonds. The molecule has 1 heterocycles. The molecule has 84 valence electrons. The summed E-state index contributed by atoms with van der Waals surface area (Å²) in [5.41, 5.74) is 6.59. The van der Waals surface area contributed by atoms with Gasteiger partial charge in [0.05, 0.1) is 11.9 Å². The summed E-state index contributed by atoms with van der Waals surface area (Å²) in [6, 6.07) is 0. The van der Waals surface area contributed by atoms with E-state index < -0.39 is 5.60 Å². The summed E-state index contributed by atoms with van der Waals surface area (Å²) in [5, 5.41) is 17.7. The molecule has 0 bridgehead atoms. The second-order valence-electron chi connectivity index (χ2n) is 5.05. The number of hydrogen-bond acceptors (Lipinski definition) is 3. The molecule has 1 atom stereocenters. The molecule has 4 N–H and O–H groups in total. The molecule has 0 saturated heterocycles. The van der Waals surface area contributed by atoms with Crippen LogP contribution in [0.1, 0.15) is 37.9 Å². The van der Waals surface area contributed by atoms with Crippen LogP contribution in [0.4, 0.5) is 0 Å². The first-order chi connectivity index (χ1) is 7.01. The number of aryl methyl sites for hydroxylation is 1. The molecule has 0 radical (unpaired) electrons. The lowest BCUT2D eigenvalue weighted by atomic mass is 9.64. The summed E-state index contributed by atoms with van der Waals surface area (Å²) in [4.78, 5) is 0. The molecular formula is C11H19N3O. The van der Waals surface area contributed by atoms with Crippen molar-refractivity contribution in [2.75, 3.05) is 6.54 Å². The van der Waals surface area contributed by atoms with Crippen LogP contribution in [0.15, 0.2) is 6.20 Å². The highest BCUT2D eigenvalue weighted by molar-refractivity contribution is 5.29. The van der Waals surface area contributed by atoms with Crippen LogP contribution in [0.3, 0.4) is 0 Å². The Hall–Kier alpha value is -0.870. The van der Waals surface area contributed by atoms with Crippen LogP contribution in [0.25, 0.3) is 0 Å². The molecule has 1 aliphatic carbocycles. The molecule has 0 aliphatic heterocycles. The molecule has 1 aromatic heterocycles. The number of hydrogen-bond donors (Lipinski definition) is 3. The van der Waals surface area contributed by atoms with Crippen molar-refractivity contribution in [3.05, 3.63) is 17.5 Å². The molecule has 4 heteroatoms. The maximum Gasteiger partial charge on any atom is 0.112 e. The summed E-state index contributed by atoms with van der Waals surface area (Å²) < 4.78 is 0. The third-order valence-electron chi connectivity index (χ3n) is 3.78. The van der Waals surface area contributed by atoms with Crippen LogP contribution < -0.4 is 5.73 Å². The first-order valence-electron chi connectivity index (χ1n) is 5.46. The van der Waals surface area contributed by atoms with Gasteiger partial charge in [-0.15, -0.1) is 0 Å². The van der Waals surface area contributed by atoms with Crippen molar-refractivity contribution in [1.29, 1.82) is 0 Å². The lowest BCUT2D eigenvalue weighted by Gasteiger charge is -2.45. The summed E-state index contributed by atoms with van der Waals surface area (Å²) in [6.45, 7) is 4.66. The number of nitrogens with two attached hydrogens (primary N) is 1. The second kappa shape index (κ2) is 3.32. The number of nitrogens with zero attached hydrogens (tertiary/aromatic N) is 1. The molecule has 0 spiro atoms. The average molecular weight is 209 g/mol. The SMILES string of the molecule is CC1(C)CCc2cn[nH]c2C1(O)CCN. The number of nitrogens with one attached hydrogen (secondary N) is 1. The van der Waals surface area contributed by atoms with Gasteiger partial charge in [0, 0.05) is 0 Å². The second-order valence-corrected chi connectivity index (χ2v) is 5.05. The molecular weight excluding hydrogens is 190 g/mol. The summed E-state index contributed by atoms with van der Waals surface area (Å²) in [6.07, 6.45) is 4.34. The molecule has 1 aromatic rings. The minimum absolute atomic E-state index is 0.147. The predicted molar refractivity (Wildman–Crippen MR) is 58.3 cm³/mol. The molecule has 4 nitrogen and oxygen atoms in total. The predicted octanol–water partition coefficient (Wildman–Crippen LogP) is 0.919. The Morgan fingerprint density at radius 2 is 2.33 bits per heavy atom. The average Bonchev–Trinajstić information content (AvgIpc) is 2.62. The summed E-state index contributed by atoms with van der Waals surface area (Å²) in [7, 11) is 0. The van der Waals surface area contributed by atoms with Crippen LogP contribution in [-0.4, -0.2) is 21.8 Å². The Labute approximate surface area is 89.9 Å². The van der Waals surface area contributed by atoms with Gasteiger partial charge in [-0.05, 0) is 36.8 Å². The molecule has 15 heavy (non-hydrogen) atoms. The van der Waals surface area contributed by atoms with Gasteiger partial charge in [0.1, 0.15) is 5.60 Å². The topological polar surface area (TPSA) is 74.9 Å². The number of aliphatic hydroxyl groups is 1. The zero-order valence-corrected chi connectivity index (χ0v) is 9.38. The first-order valence-corrected chi connectivity index (χ1v) is 5.46. The third-order valence-corrected chi connectivity index (χ3v) is 3.78. The van der Waals surface area contributed by atoms with Crippen molar-refractivity contribution in [1.82, 2.24) is 10.2 Å². The van der Waals surface area contributed by atoms with E-state index in [4.69, 9.17) is 5.73 Å². The van der Waals surface area contributed by atoms with E-state index in [1.165, 1.54) is 0 Å². The lowest BCUT2D eigenvalue weighted by molar-refractivity contribution is -0.0933. The van der Waals surface area contributed by atoms with Gasteiger partial charge in [0.15, 0.2) is 0 Å². The van der Waals surface area contributed by atoms with Crippen molar-refractivity contribution in [2.45, 2.75) is 38.7 Å². The highest BCUT2D eigenvalue weighted by Gasteiger charge is 2.48. The Bertz CT molecular complexity index is 358. The number of rotatable bonds is 2. The molecule has 0 aromatic carbocycles. The lowest BCUT2D eigenvalue weighted by Crippen LogP contribution is -2.47. The minimum Gasteiger partial charge on any atom is -0.383 e. The fourth-order valence-electron chi connectivity index (χ4n) is 2.52. The fourth-order valence-corrected chi connectivity index (χ4v) is 2.52. The van der Waals surface area contributed by atoms with Crippen LogP contribution in [0, 0.1) is 5.41 Å². The van der Waals surface area contributed by atoms with Gasteiger partial charge in [0.2, 0.25) is 0 Å². The van der Waals surface area contributed by atoms with E-state index in [2.05, 4.69) is 24.0 Å². The van der Waals surface area contributed by atoms with Crippen molar-refractivity contribution >= 4 is 0 Å². The zero-order valence-electron chi connectivity index (χ0n) is 9.38. The van der Waals surface area contributed by atoms with Crippen LogP contribution in [0.2, 0.25) is 0 Å². The molecule has 1 unspecified atom stereocenters. The Kier molecular flexibility index (Phi) is 2.35. The van der Waals surface area contributed by atoms with Crippen LogP contribution in [-0.2, 0) is 12.0 Å². The normalized spacial score (nSPS) is 28.8. The van der Waals surface area contributed by atoms with Gasteiger partial charge in [-0.3, -0.25) is 5.10 Å². The van der Waals surface area contributed by atoms with Gasteiger partial charge in [-0.1, -0.05) is 13.8 Å². The monoisotopic (exact) mass is 209 g/mol. The van der Waals surface area contributed by atoms with E-state index in [0.29, 0.717) is 13.0 Å². The van der Waals surface area contributed by atoms with E-state index in [1.807, 2.05) is 6.20 Å². The fraction of sp³-hybridized carbons (Fsp3) is 0.727. The quantitative estimate of drug-likeness (QED) is 0.678. The molecule has 1 aliphatic rings. The van der Waals surface area contributed by atoms with Crippen molar-refractivity contribution < 1.29 is 5.11 Å². The highest BCUT2D eigenvalue weighted by Crippen LogP contribution is 2.48. The van der Waals surface area contributed by atoms with Crippen molar-refractivity contribution in [2.24, 2.45) is 11.1 Å². The molecule has 0 saturated carbocycles. The number of fused-ring (bicyclic) bond motifs is 1. The number of aromatic nitrogens is 2. The van der Waals surface area contributed by atoms with Crippen LogP contribution in [0.5, 0.6) is 0 Å². The van der Waals surface area contributed by atoms with E-state index in [0.717, 1.165) is 24.1 Å². The number of aromatic amines is 1. The van der Waals surface area contributed by atoms with E-state index in [1.54, 1.807) is 0 Å². The summed E-state index contributed by atoms with van der Waals surface area (Å²) >= 11 is 0. The van der Waals surface area contributed by atoms with Gasteiger partial charge < -0.3 is 10.8 Å². The first kappa shape index (κ1) is 10.6. The Morgan fingerprint density at radius 1 is 1.60 bits per heavy atom. The molecule has 0 fully saturated rings. The minimum atomic E-state index is -0.855. The van der Waals surface area contributed by atoms with Gasteiger partial charge >= 0.3 is 0 Å². The van der Waals surface area contributed by atoms with Crippen molar-refractivity contribution in [3.8, 4) is 0 Å². The highest BCUT2D eigenvalue weighted by atomic mass is 16.3. The van der Waals surface area contributed by atoms with Crippen LogP contribution >= 0.6 is 0 Å². The van der Waals surface area contributed by atoms with E-state index >= 15 is 0 Å². The zero-order chi connectivity index (χ0) is 11.1. The van der Waals surface area contributed by atoms with Gasteiger partial charge in [-0.2, -0.15) is 5.10 Å². The molecule has 2 rings (SSSR count). The number of H-pyrrole nitrogens is 1. The van der Waals surface area contributed by atoms with Gasteiger partial charge in [-0.25, -0.2) is 0 Å². The Morgan fingerprint density at radius 3 is 3.00 bits per heavy atom. The summed E-state index contributed by atoms with van der Waals surface area (Å²) in [5.74, 6) is 0. The standard InChI is InChI=1S/C11H19N3O/c1-10(2)4-3-8-7-13-14-9(8)11(10,15)5-6-12/h7,15H,3-6,12H2,1-2H3,(H,13,14). The Balaban J connectivity index is 2.48. The smallest absolute Gasteiger partial charge is 0.112 e. The van der Waals surface area contributed by atoms with E-state index in [-0.39, 0.29) is 5.41 Å². The maximum atomic E-state index is 10.8.